The first-order chi connectivity index (χ1) is 10.2. The lowest BCUT2D eigenvalue weighted by atomic mass is 9.84. The van der Waals surface area contributed by atoms with Crippen LogP contribution in [0, 0.1) is 11.8 Å². The Kier molecular flexibility index (Phi) is 4.36. The fraction of sp³-hybridized carbons (Fsp3) is 0.875. The van der Waals surface area contributed by atoms with E-state index in [9.17, 15) is 9.59 Å². The predicted molar refractivity (Wildman–Crippen MR) is 78.7 cm³/mol. The van der Waals surface area contributed by atoms with E-state index in [1.807, 2.05) is 0 Å². The molecule has 5 heteroatoms. The molecular weight excluding hydrogens is 268 g/mol. The lowest BCUT2D eigenvalue weighted by Gasteiger charge is -2.43. The van der Waals surface area contributed by atoms with Crippen LogP contribution in [0.2, 0.25) is 0 Å². The van der Waals surface area contributed by atoms with Gasteiger partial charge in [-0.3, -0.25) is 4.79 Å². The van der Waals surface area contributed by atoms with E-state index in [2.05, 4.69) is 17.1 Å². The topological polar surface area (TPSA) is 58.6 Å². The van der Waals surface area contributed by atoms with E-state index in [0.717, 1.165) is 45.1 Å². The van der Waals surface area contributed by atoms with Crippen molar-refractivity contribution in [3.05, 3.63) is 0 Å². The normalized spacial score (nSPS) is 34.5. The minimum Gasteiger partial charge on any atom is -0.446 e. The number of ether oxygens (including phenoxy) is 1. The Morgan fingerprint density at radius 2 is 2.24 bits per heavy atom. The smallest absolute Gasteiger partial charge is 0.407 e. The van der Waals surface area contributed by atoms with Gasteiger partial charge in [0.15, 0.2) is 0 Å². The average molecular weight is 294 g/mol. The molecular formula is C16H26N2O3. The molecule has 3 rings (SSSR count). The van der Waals surface area contributed by atoms with Crippen LogP contribution < -0.4 is 5.32 Å². The zero-order valence-corrected chi connectivity index (χ0v) is 12.8. The van der Waals surface area contributed by atoms with Crippen LogP contribution in [0.5, 0.6) is 0 Å². The number of carbonyl (C=O) groups is 2. The van der Waals surface area contributed by atoms with Crippen molar-refractivity contribution in [2.75, 3.05) is 13.1 Å². The van der Waals surface area contributed by atoms with Gasteiger partial charge < -0.3 is 15.0 Å². The molecule has 1 aliphatic carbocycles. The monoisotopic (exact) mass is 294 g/mol. The molecule has 2 saturated heterocycles. The first-order valence-corrected chi connectivity index (χ1v) is 8.45. The van der Waals surface area contributed by atoms with Crippen LogP contribution in [0.15, 0.2) is 0 Å². The Balaban J connectivity index is 1.60. The van der Waals surface area contributed by atoms with Gasteiger partial charge >= 0.3 is 6.09 Å². The quantitative estimate of drug-likeness (QED) is 0.809. The molecule has 0 aromatic heterocycles. The summed E-state index contributed by atoms with van der Waals surface area (Å²) < 4.78 is 5.64. The number of unbranched alkanes of at least 4 members (excludes halogenated alkanes) is 1. The van der Waals surface area contributed by atoms with Crippen molar-refractivity contribution in [3.63, 3.8) is 0 Å². The van der Waals surface area contributed by atoms with E-state index in [-0.39, 0.29) is 18.1 Å². The van der Waals surface area contributed by atoms with E-state index in [1.54, 1.807) is 0 Å². The van der Waals surface area contributed by atoms with Gasteiger partial charge in [0.2, 0.25) is 5.91 Å². The minimum absolute atomic E-state index is 0.0753. The lowest BCUT2D eigenvalue weighted by Crippen LogP contribution is -2.53. The predicted octanol–water partition coefficient (Wildman–Crippen LogP) is 2.30. The summed E-state index contributed by atoms with van der Waals surface area (Å²) in [5.74, 6) is 0.733. The van der Waals surface area contributed by atoms with Crippen LogP contribution in [0.25, 0.3) is 0 Å². The fourth-order valence-corrected chi connectivity index (χ4v) is 4.23. The molecule has 4 atom stereocenters. The third-order valence-electron chi connectivity index (χ3n) is 5.28. The zero-order chi connectivity index (χ0) is 14.8. The molecule has 2 aliphatic heterocycles. The summed E-state index contributed by atoms with van der Waals surface area (Å²) in [6.45, 7) is 3.66. The maximum atomic E-state index is 12.4. The SMILES string of the molecule is CCCCNC(=O)O[C@@H]1C[C@H]2C[C@@H]1[C@H]1CCCCN1C2=O. The minimum atomic E-state index is -0.309. The second-order valence-corrected chi connectivity index (χ2v) is 6.65. The Morgan fingerprint density at radius 1 is 1.38 bits per heavy atom. The fourth-order valence-electron chi connectivity index (χ4n) is 4.23. The van der Waals surface area contributed by atoms with Crippen LogP contribution in [0.3, 0.4) is 0 Å². The van der Waals surface area contributed by atoms with E-state index < -0.39 is 0 Å². The number of piperidine rings is 2. The maximum absolute atomic E-state index is 12.4. The van der Waals surface area contributed by atoms with Crippen LogP contribution in [-0.4, -0.2) is 42.1 Å². The summed E-state index contributed by atoms with van der Waals surface area (Å²) in [5.41, 5.74) is 0. The number of nitrogens with one attached hydrogen (secondary N) is 1. The van der Waals surface area contributed by atoms with Gasteiger partial charge in [0.05, 0.1) is 0 Å². The summed E-state index contributed by atoms with van der Waals surface area (Å²) in [6, 6.07) is 0.304. The number of rotatable bonds is 4. The first-order valence-electron chi connectivity index (χ1n) is 8.45. The lowest BCUT2D eigenvalue weighted by molar-refractivity contribution is -0.143. The number of alkyl carbamates (subject to hydrolysis) is 1. The van der Waals surface area contributed by atoms with Gasteiger partial charge in [0, 0.05) is 31.0 Å². The highest BCUT2D eigenvalue weighted by atomic mass is 16.6. The third-order valence-corrected chi connectivity index (χ3v) is 5.28. The highest BCUT2D eigenvalue weighted by Crippen LogP contribution is 2.45. The number of nitrogens with zero attached hydrogens (tertiary/aromatic N) is 1. The van der Waals surface area contributed by atoms with Crippen molar-refractivity contribution in [2.45, 2.75) is 64.0 Å². The molecule has 0 aromatic carbocycles. The Morgan fingerprint density at radius 3 is 3.05 bits per heavy atom. The van der Waals surface area contributed by atoms with E-state index in [1.165, 1.54) is 6.42 Å². The Bertz CT molecular complexity index is 412. The number of fused-ring (bicyclic) bond motifs is 4. The van der Waals surface area contributed by atoms with Gasteiger partial charge in [0.25, 0.3) is 0 Å². The second kappa shape index (κ2) is 6.24. The Hall–Kier alpha value is -1.26. The van der Waals surface area contributed by atoms with Gasteiger partial charge in [-0.15, -0.1) is 0 Å². The second-order valence-electron chi connectivity index (χ2n) is 6.65. The van der Waals surface area contributed by atoms with E-state index >= 15 is 0 Å². The summed E-state index contributed by atoms with van der Waals surface area (Å²) in [4.78, 5) is 26.4. The van der Waals surface area contributed by atoms with Gasteiger partial charge in [-0.25, -0.2) is 4.79 Å². The van der Waals surface area contributed by atoms with Crippen molar-refractivity contribution < 1.29 is 14.3 Å². The van der Waals surface area contributed by atoms with E-state index in [4.69, 9.17) is 4.74 Å². The summed E-state index contributed by atoms with van der Waals surface area (Å²) in [7, 11) is 0. The molecule has 0 spiro atoms. The molecule has 0 unspecified atom stereocenters. The number of hydrogen-bond donors (Lipinski definition) is 1. The van der Waals surface area contributed by atoms with Crippen molar-refractivity contribution in [1.29, 1.82) is 0 Å². The molecule has 3 fully saturated rings. The third kappa shape index (κ3) is 2.87. The van der Waals surface area contributed by atoms with Crippen molar-refractivity contribution in [2.24, 2.45) is 11.8 Å². The zero-order valence-electron chi connectivity index (χ0n) is 12.8. The molecule has 3 aliphatic rings. The van der Waals surface area contributed by atoms with Gasteiger partial charge in [0.1, 0.15) is 6.10 Å². The van der Waals surface area contributed by atoms with Crippen LogP contribution in [0.4, 0.5) is 4.79 Å². The average Bonchev–Trinajstić information content (AvgIpc) is 2.86. The van der Waals surface area contributed by atoms with Gasteiger partial charge in [-0.2, -0.15) is 0 Å². The largest absolute Gasteiger partial charge is 0.446 e. The van der Waals surface area contributed by atoms with Crippen molar-refractivity contribution in [1.82, 2.24) is 10.2 Å². The van der Waals surface area contributed by atoms with E-state index in [0.29, 0.717) is 24.4 Å². The maximum Gasteiger partial charge on any atom is 0.407 e. The summed E-state index contributed by atoms with van der Waals surface area (Å²) in [5, 5.41) is 2.81. The molecule has 1 saturated carbocycles. The number of amides is 2. The molecule has 2 bridgehead atoms. The van der Waals surface area contributed by atoms with Crippen molar-refractivity contribution in [3.8, 4) is 0 Å². The van der Waals surface area contributed by atoms with Crippen LogP contribution in [-0.2, 0) is 9.53 Å². The van der Waals surface area contributed by atoms with Gasteiger partial charge in [-0.05, 0) is 38.5 Å². The number of hydrogen-bond acceptors (Lipinski definition) is 3. The molecule has 2 heterocycles. The standard InChI is InChI=1S/C16H26N2O3/c1-2-3-7-17-16(20)21-14-10-11-9-12(14)13-6-4-5-8-18(13)15(11)19/h11-14H,2-10H2,1H3,(H,17,20)/t11-,12-,13-,14-/m1/s1. The summed E-state index contributed by atoms with van der Waals surface area (Å²) >= 11 is 0. The molecule has 0 aromatic rings. The Labute approximate surface area is 126 Å². The molecule has 1 N–H and O–H groups in total. The van der Waals surface area contributed by atoms with Crippen molar-refractivity contribution >= 4 is 12.0 Å². The van der Waals surface area contributed by atoms with Gasteiger partial charge in [-0.1, -0.05) is 13.3 Å². The molecule has 2 amide bonds. The molecule has 21 heavy (non-hydrogen) atoms. The van der Waals surface area contributed by atoms with Crippen LogP contribution >= 0.6 is 0 Å². The molecule has 5 nitrogen and oxygen atoms in total. The van der Waals surface area contributed by atoms with Crippen LogP contribution in [0.1, 0.15) is 51.9 Å². The molecule has 0 radical (unpaired) electrons. The first kappa shape index (κ1) is 14.7. The highest BCUT2D eigenvalue weighted by Gasteiger charge is 2.52. The number of carbonyl (C=O) groups excluding carboxylic acids is 2. The summed E-state index contributed by atoms with van der Waals surface area (Å²) in [6.07, 6.45) is 6.64. The highest BCUT2D eigenvalue weighted by molar-refractivity contribution is 5.81. The molecule has 118 valence electrons.